The maximum Gasteiger partial charge on any atom is 0.125 e. The van der Waals surface area contributed by atoms with Gasteiger partial charge in [-0.25, -0.2) is 0 Å². The van der Waals surface area contributed by atoms with Gasteiger partial charge in [0.15, 0.2) is 0 Å². The first-order valence-corrected chi connectivity index (χ1v) is 5.25. The lowest BCUT2D eigenvalue weighted by Gasteiger charge is -2.15. The lowest BCUT2D eigenvalue weighted by Crippen LogP contribution is -2.21. The summed E-state index contributed by atoms with van der Waals surface area (Å²) < 4.78 is 5.34. The number of benzene rings is 1. The molecule has 16 heavy (non-hydrogen) atoms. The van der Waals surface area contributed by atoms with Crippen LogP contribution in [0.4, 0.5) is 0 Å². The van der Waals surface area contributed by atoms with E-state index in [1.54, 1.807) is 13.0 Å². The molecule has 0 aromatic heterocycles. The van der Waals surface area contributed by atoms with Crippen LogP contribution >= 0.6 is 0 Å². The Hall–Kier alpha value is -1.10. The molecule has 1 aromatic carbocycles. The molecule has 3 N–H and O–H groups in total. The number of aryl methyl sites for hydroxylation is 1. The minimum atomic E-state index is -0.900. The lowest BCUT2D eigenvalue weighted by atomic mass is 10.1. The molecule has 0 heterocycles. The monoisotopic (exact) mass is 226 g/mol. The van der Waals surface area contributed by atoms with Crippen molar-refractivity contribution in [2.45, 2.75) is 26.1 Å². The van der Waals surface area contributed by atoms with Crippen LogP contribution in [-0.2, 0) is 0 Å². The molecule has 0 fully saturated rings. The summed E-state index contributed by atoms with van der Waals surface area (Å²) in [5.74, 6) is 0.535. The van der Waals surface area contributed by atoms with E-state index in [0.29, 0.717) is 11.3 Å². The van der Waals surface area contributed by atoms with Crippen molar-refractivity contribution in [3.05, 3.63) is 29.3 Å². The number of hydrogen-bond acceptors (Lipinski definition) is 4. The van der Waals surface area contributed by atoms with Crippen molar-refractivity contribution < 1.29 is 20.1 Å². The van der Waals surface area contributed by atoms with E-state index < -0.39 is 12.2 Å². The fourth-order valence-corrected chi connectivity index (χ4v) is 1.36. The lowest BCUT2D eigenvalue weighted by molar-refractivity contribution is 0.0523. The molecule has 0 bridgehead atoms. The maximum absolute atomic E-state index is 9.56. The Balaban J connectivity index is 2.78. The number of hydrogen-bond donors (Lipinski definition) is 3. The number of rotatable bonds is 5. The molecule has 0 amide bonds. The van der Waals surface area contributed by atoms with Gasteiger partial charge < -0.3 is 20.1 Å². The number of ether oxygens (including phenoxy) is 1. The molecule has 2 atom stereocenters. The van der Waals surface area contributed by atoms with E-state index in [9.17, 15) is 5.11 Å². The van der Waals surface area contributed by atoms with Crippen LogP contribution in [0.2, 0.25) is 0 Å². The highest BCUT2D eigenvalue weighted by Crippen LogP contribution is 2.26. The summed E-state index contributed by atoms with van der Waals surface area (Å²) in [6.07, 6.45) is -1.52. The van der Waals surface area contributed by atoms with Gasteiger partial charge in [-0.15, -0.1) is 0 Å². The van der Waals surface area contributed by atoms with Crippen LogP contribution in [0.5, 0.6) is 5.75 Å². The highest BCUT2D eigenvalue weighted by atomic mass is 16.5. The Labute approximate surface area is 95.1 Å². The third-order valence-electron chi connectivity index (χ3n) is 2.26. The van der Waals surface area contributed by atoms with Gasteiger partial charge in [0, 0.05) is 5.56 Å². The quantitative estimate of drug-likeness (QED) is 0.694. The van der Waals surface area contributed by atoms with Crippen molar-refractivity contribution in [1.82, 2.24) is 0 Å². The van der Waals surface area contributed by atoms with Crippen LogP contribution in [0.3, 0.4) is 0 Å². The van der Waals surface area contributed by atoms with Gasteiger partial charge in [0.05, 0.1) is 12.7 Å². The summed E-state index contributed by atoms with van der Waals surface area (Å²) >= 11 is 0. The van der Waals surface area contributed by atoms with Gasteiger partial charge in [-0.2, -0.15) is 0 Å². The van der Waals surface area contributed by atoms with E-state index in [2.05, 4.69) is 0 Å². The molecule has 1 aromatic rings. The molecular formula is C12H18O4. The molecular weight excluding hydrogens is 208 g/mol. The van der Waals surface area contributed by atoms with Crippen molar-refractivity contribution in [2.24, 2.45) is 0 Å². The fraction of sp³-hybridized carbons (Fsp3) is 0.500. The minimum Gasteiger partial charge on any atom is -0.490 e. The van der Waals surface area contributed by atoms with E-state index in [1.807, 2.05) is 19.1 Å². The van der Waals surface area contributed by atoms with Gasteiger partial charge in [0.1, 0.15) is 18.5 Å². The van der Waals surface area contributed by atoms with Gasteiger partial charge >= 0.3 is 0 Å². The number of aliphatic hydroxyl groups is 3. The van der Waals surface area contributed by atoms with Gasteiger partial charge in [0.2, 0.25) is 0 Å². The summed E-state index contributed by atoms with van der Waals surface area (Å²) in [4.78, 5) is 0. The van der Waals surface area contributed by atoms with Gasteiger partial charge in [-0.05, 0) is 26.0 Å². The molecule has 0 aliphatic heterocycles. The Kier molecular flexibility index (Phi) is 4.73. The Morgan fingerprint density at radius 2 is 2.00 bits per heavy atom. The molecule has 0 saturated carbocycles. The van der Waals surface area contributed by atoms with Gasteiger partial charge in [-0.3, -0.25) is 0 Å². The average Bonchev–Trinajstić information content (AvgIpc) is 2.26. The summed E-state index contributed by atoms with van der Waals surface area (Å²) in [7, 11) is 0. The van der Waals surface area contributed by atoms with Crippen LogP contribution in [-0.4, -0.2) is 34.6 Å². The third-order valence-corrected chi connectivity index (χ3v) is 2.26. The number of aliphatic hydroxyl groups excluding tert-OH is 3. The van der Waals surface area contributed by atoms with Crippen LogP contribution < -0.4 is 4.74 Å². The molecule has 0 aliphatic carbocycles. The second-order valence-electron chi connectivity index (χ2n) is 3.86. The Morgan fingerprint density at radius 3 is 2.56 bits per heavy atom. The second-order valence-corrected chi connectivity index (χ2v) is 3.86. The standard InChI is InChI=1S/C12H18O4/c1-8-3-4-12(11(5-8)9(2)14)16-7-10(15)6-13/h3-5,9-10,13-15H,6-7H2,1-2H3/t9-,10?/m1/s1. The van der Waals surface area contributed by atoms with Crippen molar-refractivity contribution >= 4 is 0 Å². The molecule has 0 spiro atoms. The van der Waals surface area contributed by atoms with Gasteiger partial charge in [-0.1, -0.05) is 11.6 Å². The summed E-state index contributed by atoms with van der Waals surface area (Å²) in [5, 5.41) is 27.4. The van der Waals surface area contributed by atoms with Gasteiger partial charge in [0.25, 0.3) is 0 Å². The first-order valence-electron chi connectivity index (χ1n) is 5.25. The van der Waals surface area contributed by atoms with Crippen LogP contribution in [0, 0.1) is 6.92 Å². The third kappa shape index (κ3) is 3.48. The Bertz CT molecular complexity index is 336. The zero-order valence-electron chi connectivity index (χ0n) is 9.55. The molecule has 0 saturated heterocycles. The smallest absolute Gasteiger partial charge is 0.125 e. The Morgan fingerprint density at radius 1 is 1.31 bits per heavy atom. The van der Waals surface area contributed by atoms with Crippen molar-refractivity contribution in [2.75, 3.05) is 13.2 Å². The fourth-order valence-electron chi connectivity index (χ4n) is 1.36. The van der Waals surface area contributed by atoms with Crippen LogP contribution in [0.25, 0.3) is 0 Å². The minimum absolute atomic E-state index is 0.0132. The first-order chi connectivity index (χ1) is 7.54. The van der Waals surface area contributed by atoms with E-state index in [-0.39, 0.29) is 13.2 Å². The van der Waals surface area contributed by atoms with Crippen LogP contribution in [0.1, 0.15) is 24.2 Å². The predicted octanol–water partition coefficient (Wildman–Crippen LogP) is 0.780. The SMILES string of the molecule is Cc1ccc(OCC(O)CO)c([C@@H](C)O)c1. The van der Waals surface area contributed by atoms with Crippen molar-refractivity contribution in [1.29, 1.82) is 0 Å². The topological polar surface area (TPSA) is 69.9 Å². The largest absolute Gasteiger partial charge is 0.490 e. The normalized spacial score (nSPS) is 14.6. The zero-order chi connectivity index (χ0) is 12.1. The molecule has 0 aliphatic rings. The predicted molar refractivity (Wildman–Crippen MR) is 60.4 cm³/mol. The molecule has 1 rings (SSSR count). The van der Waals surface area contributed by atoms with E-state index >= 15 is 0 Å². The highest BCUT2D eigenvalue weighted by molar-refractivity contribution is 5.38. The second kappa shape index (κ2) is 5.84. The van der Waals surface area contributed by atoms with Crippen molar-refractivity contribution in [3.8, 4) is 5.75 Å². The van der Waals surface area contributed by atoms with Crippen LogP contribution in [0.15, 0.2) is 18.2 Å². The van der Waals surface area contributed by atoms with E-state index in [4.69, 9.17) is 14.9 Å². The molecule has 0 radical (unpaired) electrons. The summed E-state index contributed by atoms with van der Waals surface area (Å²) in [5.41, 5.74) is 1.72. The summed E-state index contributed by atoms with van der Waals surface area (Å²) in [6, 6.07) is 5.46. The highest BCUT2D eigenvalue weighted by Gasteiger charge is 2.11. The van der Waals surface area contributed by atoms with Crippen molar-refractivity contribution in [3.63, 3.8) is 0 Å². The zero-order valence-corrected chi connectivity index (χ0v) is 9.55. The first kappa shape index (κ1) is 13.0. The molecule has 1 unspecified atom stereocenters. The maximum atomic E-state index is 9.56. The molecule has 4 heteroatoms. The average molecular weight is 226 g/mol. The van der Waals surface area contributed by atoms with E-state index in [1.165, 1.54) is 0 Å². The molecule has 90 valence electrons. The molecule has 4 nitrogen and oxygen atoms in total. The van der Waals surface area contributed by atoms with E-state index in [0.717, 1.165) is 5.56 Å². The summed E-state index contributed by atoms with van der Waals surface area (Å²) in [6.45, 7) is 3.26.